The number of furan rings is 1. The monoisotopic (exact) mass is 335 g/mol. The minimum absolute atomic E-state index is 0.664. The van der Waals surface area contributed by atoms with Crippen LogP contribution in [0.25, 0.3) is 44.2 Å². The molecule has 1 heterocycles. The average molecular weight is 335 g/mol. The summed E-state index contributed by atoms with van der Waals surface area (Å²) in [4.78, 5) is 0. The molecular formula is C24H17NO. The molecule has 26 heavy (non-hydrogen) atoms. The van der Waals surface area contributed by atoms with Crippen molar-refractivity contribution in [1.82, 2.24) is 0 Å². The Kier molecular flexibility index (Phi) is 3.29. The highest BCUT2D eigenvalue weighted by Gasteiger charge is 2.16. The lowest BCUT2D eigenvalue weighted by Crippen LogP contribution is -1.89. The molecule has 0 amide bonds. The van der Waals surface area contributed by atoms with Crippen molar-refractivity contribution < 1.29 is 4.42 Å². The van der Waals surface area contributed by atoms with E-state index in [0.717, 1.165) is 27.5 Å². The zero-order chi connectivity index (χ0) is 17.5. The molecule has 5 aromatic rings. The SMILES string of the molecule is Nc1ccc(-c2ccccc2-c2ccccc2)c2c1oc1ccccc12. The van der Waals surface area contributed by atoms with E-state index >= 15 is 0 Å². The first-order valence-corrected chi connectivity index (χ1v) is 8.67. The third-order valence-corrected chi connectivity index (χ3v) is 4.86. The van der Waals surface area contributed by atoms with Crippen molar-refractivity contribution in [1.29, 1.82) is 0 Å². The van der Waals surface area contributed by atoms with Crippen LogP contribution in [0.15, 0.2) is 95.4 Å². The van der Waals surface area contributed by atoms with E-state index in [-0.39, 0.29) is 0 Å². The highest BCUT2D eigenvalue weighted by Crippen LogP contribution is 2.42. The molecule has 1 aromatic heterocycles. The van der Waals surface area contributed by atoms with Crippen molar-refractivity contribution in [3.05, 3.63) is 91.0 Å². The predicted molar refractivity (Wildman–Crippen MR) is 109 cm³/mol. The Labute approximate surface area is 151 Å². The summed E-state index contributed by atoms with van der Waals surface area (Å²) < 4.78 is 6.07. The van der Waals surface area contributed by atoms with Crippen LogP contribution < -0.4 is 5.73 Å². The lowest BCUT2D eigenvalue weighted by molar-refractivity contribution is 0.670. The zero-order valence-electron chi connectivity index (χ0n) is 14.1. The molecule has 0 radical (unpaired) electrons. The summed E-state index contributed by atoms with van der Waals surface area (Å²) in [6.07, 6.45) is 0. The molecule has 124 valence electrons. The Morgan fingerprint density at radius 1 is 0.577 bits per heavy atom. The van der Waals surface area contributed by atoms with Gasteiger partial charge in [0.05, 0.1) is 5.69 Å². The third kappa shape index (κ3) is 2.20. The molecule has 0 aliphatic rings. The maximum absolute atomic E-state index is 6.22. The lowest BCUT2D eigenvalue weighted by Gasteiger charge is -2.12. The Bertz CT molecular complexity index is 1240. The van der Waals surface area contributed by atoms with Crippen LogP contribution in [0.2, 0.25) is 0 Å². The second-order valence-electron chi connectivity index (χ2n) is 6.42. The van der Waals surface area contributed by atoms with E-state index in [1.165, 1.54) is 16.7 Å². The first-order chi connectivity index (χ1) is 12.8. The summed E-state index contributed by atoms with van der Waals surface area (Å²) in [5.74, 6) is 0. The Balaban J connectivity index is 1.89. The third-order valence-electron chi connectivity index (χ3n) is 4.86. The molecule has 0 aliphatic heterocycles. The van der Waals surface area contributed by atoms with Gasteiger partial charge in [-0.2, -0.15) is 0 Å². The number of rotatable bonds is 2. The second kappa shape index (κ2) is 5.78. The van der Waals surface area contributed by atoms with Crippen molar-refractivity contribution in [3.63, 3.8) is 0 Å². The van der Waals surface area contributed by atoms with Gasteiger partial charge in [0.2, 0.25) is 0 Å². The van der Waals surface area contributed by atoms with Crippen molar-refractivity contribution >= 4 is 27.6 Å². The predicted octanol–water partition coefficient (Wildman–Crippen LogP) is 6.50. The molecule has 0 unspecified atom stereocenters. The Hall–Kier alpha value is -3.52. The number of nitrogens with two attached hydrogens (primary N) is 1. The van der Waals surface area contributed by atoms with Gasteiger partial charge in [0, 0.05) is 10.8 Å². The number of nitrogen functional groups attached to an aromatic ring is 1. The highest BCUT2D eigenvalue weighted by atomic mass is 16.3. The van der Waals surface area contributed by atoms with Gasteiger partial charge in [-0.1, -0.05) is 78.9 Å². The largest absolute Gasteiger partial charge is 0.454 e. The first kappa shape index (κ1) is 14.8. The first-order valence-electron chi connectivity index (χ1n) is 8.67. The van der Waals surface area contributed by atoms with E-state index < -0.39 is 0 Å². The van der Waals surface area contributed by atoms with Crippen molar-refractivity contribution in [2.45, 2.75) is 0 Å². The molecule has 2 N–H and O–H groups in total. The molecule has 0 saturated heterocycles. The summed E-state index contributed by atoms with van der Waals surface area (Å²) in [7, 11) is 0. The quantitative estimate of drug-likeness (QED) is 0.374. The minimum Gasteiger partial charge on any atom is -0.454 e. The van der Waals surface area contributed by atoms with Gasteiger partial charge >= 0.3 is 0 Å². The lowest BCUT2D eigenvalue weighted by atomic mass is 9.92. The summed E-state index contributed by atoms with van der Waals surface area (Å²) in [5.41, 5.74) is 13.2. The Morgan fingerprint density at radius 3 is 2.12 bits per heavy atom. The molecule has 4 aromatic carbocycles. The van der Waals surface area contributed by atoms with Crippen LogP contribution in [-0.2, 0) is 0 Å². The zero-order valence-corrected chi connectivity index (χ0v) is 14.1. The van der Waals surface area contributed by atoms with Gasteiger partial charge < -0.3 is 10.2 Å². The number of para-hydroxylation sites is 1. The number of benzene rings is 4. The van der Waals surface area contributed by atoms with Crippen molar-refractivity contribution in [2.75, 3.05) is 5.73 Å². The van der Waals surface area contributed by atoms with Gasteiger partial charge in [-0.25, -0.2) is 0 Å². The number of fused-ring (bicyclic) bond motifs is 3. The maximum Gasteiger partial charge on any atom is 0.158 e. The summed E-state index contributed by atoms with van der Waals surface area (Å²) in [6, 6.07) is 31.1. The maximum atomic E-state index is 6.22. The van der Waals surface area contributed by atoms with Gasteiger partial charge in [-0.3, -0.25) is 0 Å². The molecule has 0 aliphatic carbocycles. The van der Waals surface area contributed by atoms with E-state index in [1.54, 1.807) is 0 Å². The molecule has 5 rings (SSSR count). The number of hydrogen-bond acceptors (Lipinski definition) is 2. The van der Waals surface area contributed by atoms with Crippen LogP contribution in [0, 0.1) is 0 Å². The van der Waals surface area contributed by atoms with Crippen LogP contribution in [0.5, 0.6) is 0 Å². The van der Waals surface area contributed by atoms with Crippen LogP contribution >= 0.6 is 0 Å². The van der Waals surface area contributed by atoms with E-state index in [1.807, 2.05) is 30.3 Å². The fourth-order valence-corrected chi connectivity index (χ4v) is 3.66. The van der Waals surface area contributed by atoms with Crippen molar-refractivity contribution in [3.8, 4) is 22.3 Å². The molecular weight excluding hydrogens is 318 g/mol. The van der Waals surface area contributed by atoms with Gasteiger partial charge in [0.15, 0.2) is 5.58 Å². The van der Waals surface area contributed by atoms with E-state index in [2.05, 4.69) is 60.7 Å². The second-order valence-corrected chi connectivity index (χ2v) is 6.42. The van der Waals surface area contributed by atoms with Crippen LogP contribution in [0.3, 0.4) is 0 Å². The van der Waals surface area contributed by atoms with E-state index in [0.29, 0.717) is 5.69 Å². The molecule has 0 bridgehead atoms. The van der Waals surface area contributed by atoms with Crippen LogP contribution in [0.4, 0.5) is 5.69 Å². The number of anilines is 1. The summed E-state index contributed by atoms with van der Waals surface area (Å²) >= 11 is 0. The Morgan fingerprint density at radius 2 is 1.27 bits per heavy atom. The summed E-state index contributed by atoms with van der Waals surface area (Å²) in [5, 5.41) is 2.16. The van der Waals surface area contributed by atoms with E-state index in [4.69, 9.17) is 10.2 Å². The highest BCUT2D eigenvalue weighted by molar-refractivity contribution is 6.16. The molecule has 0 saturated carbocycles. The molecule has 0 spiro atoms. The van der Waals surface area contributed by atoms with Gasteiger partial charge in [-0.15, -0.1) is 0 Å². The van der Waals surface area contributed by atoms with E-state index in [9.17, 15) is 0 Å². The topological polar surface area (TPSA) is 39.2 Å². The molecule has 2 heteroatoms. The molecule has 2 nitrogen and oxygen atoms in total. The number of hydrogen-bond donors (Lipinski definition) is 1. The van der Waals surface area contributed by atoms with Crippen LogP contribution in [-0.4, -0.2) is 0 Å². The normalized spacial score (nSPS) is 11.2. The fourth-order valence-electron chi connectivity index (χ4n) is 3.66. The molecule has 0 fully saturated rings. The minimum atomic E-state index is 0.664. The average Bonchev–Trinajstić information content (AvgIpc) is 3.10. The van der Waals surface area contributed by atoms with Crippen LogP contribution in [0.1, 0.15) is 0 Å². The van der Waals surface area contributed by atoms with Crippen molar-refractivity contribution in [2.24, 2.45) is 0 Å². The fraction of sp³-hybridized carbons (Fsp3) is 0. The van der Waals surface area contributed by atoms with Gasteiger partial charge in [0.1, 0.15) is 5.58 Å². The smallest absolute Gasteiger partial charge is 0.158 e. The van der Waals surface area contributed by atoms with Gasteiger partial charge in [-0.05, 0) is 34.4 Å². The summed E-state index contributed by atoms with van der Waals surface area (Å²) in [6.45, 7) is 0. The molecule has 0 atom stereocenters. The standard InChI is InChI=1S/C24H17NO/c25-21-15-14-19(23-20-12-6-7-13-22(20)26-24(21)23)18-11-5-4-10-17(18)16-8-2-1-3-9-16/h1-15H,25H2. The van der Waals surface area contributed by atoms with Gasteiger partial charge in [0.25, 0.3) is 0 Å².